The highest BCUT2D eigenvalue weighted by molar-refractivity contribution is 5.87. The van der Waals surface area contributed by atoms with Gasteiger partial charge in [-0.15, -0.1) is 0 Å². The van der Waals surface area contributed by atoms with Crippen LogP contribution in [0.3, 0.4) is 0 Å². The van der Waals surface area contributed by atoms with Crippen molar-refractivity contribution in [2.45, 2.75) is 0 Å². The van der Waals surface area contributed by atoms with E-state index in [9.17, 15) is 9.90 Å². The number of aromatic amines is 1. The summed E-state index contributed by atoms with van der Waals surface area (Å²) in [7, 11) is 0. The maximum atomic E-state index is 12.1. The van der Waals surface area contributed by atoms with E-state index in [0.717, 1.165) is 10.8 Å². The molecule has 0 saturated heterocycles. The van der Waals surface area contributed by atoms with E-state index < -0.39 is 0 Å². The van der Waals surface area contributed by atoms with Crippen LogP contribution < -0.4 is 5.56 Å². The number of nitrogens with one attached hydrogen (secondary N) is 1. The monoisotopic (exact) mass is 314 g/mol. The van der Waals surface area contributed by atoms with E-state index in [-0.39, 0.29) is 17.0 Å². The minimum Gasteiger partial charge on any atom is -0.507 e. The van der Waals surface area contributed by atoms with Gasteiger partial charge in [0.15, 0.2) is 0 Å². The summed E-state index contributed by atoms with van der Waals surface area (Å²) >= 11 is 0. The minimum absolute atomic E-state index is 0.00836. The molecule has 116 valence electrons. The van der Waals surface area contributed by atoms with E-state index in [2.05, 4.69) is 9.97 Å². The molecule has 0 amide bonds. The molecule has 0 spiro atoms. The van der Waals surface area contributed by atoms with Crippen molar-refractivity contribution < 1.29 is 5.11 Å². The van der Waals surface area contributed by atoms with Gasteiger partial charge in [-0.2, -0.15) is 0 Å². The predicted molar refractivity (Wildman–Crippen MR) is 96.8 cm³/mol. The van der Waals surface area contributed by atoms with Gasteiger partial charge in [0.1, 0.15) is 11.5 Å². The maximum Gasteiger partial charge on any atom is 0.274 e. The number of nitrogens with zero attached hydrogens (tertiary/aromatic N) is 1. The second-order valence-corrected chi connectivity index (χ2v) is 5.56. The average Bonchev–Trinajstić information content (AvgIpc) is 2.62. The zero-order valence-electron chi connectivity index (χ0n) is 12.7. The molecule has 0 aliphatic rings. The van der Waals surface area contributed by atoms with Crippen molar-refractivity contribution in [2.75, 3.05) is 0 Å². The SMILES string of the molecule is O=c1[nH]c2ccccc2nc1/C=C(\O)c1ccc2ccccc2c1. The third-order valence-electron chi connectivity index (χ3n) is 3.94. The molecule has 24 heavy (non-hydrogen) atoms. The summed E-state index contributed by atoms with van der Waals surface area (Å²) in [6.45, 7) is 0. The highest BCUT2D eigenvalue weighted by Crippen LogP contribution is 2.21. The van der Waals surface area contributed by atoms with Gasteiger partial charge >= 0.3 is 0 Å². The number of hydrogen-bond acceptors (Lipinski definition) is 3. The van der Waals surface area contributed by atoms with Gasteiger partial charge in [-0.25, -0.2) is 4.98 Å². The molecule has 3 aromatic carbocycles. The number of para-hydroxylation sites is 2. The molecule has 1 aromatic heterocycles. The van der Waals surface area contributed by atoms with Crippen LogP contribution in [0.4, 0.5) is 0 Å². The molecule has 0 bridgehead atoms. The van der Waals surface area contributed by atoms with Crippen molar-refractivity contribution >= 4 is 33.6 Å². The summed E-state index contributed by atoms with van der Waals surface area (Å²) in [5.41, 5.74) is 1.84. The van der Waals surface area contributed by atoms with Crippen molar-refractivity contribution in [3.63, 3.8) is 0 Å². The van der Waals surface area contributed by atoms with E-state index in [0.29, 0.717) is 16.6 Å². The van der Waals surface area contributed by atoms with Gasteiger partial charge in [-0.05, 0) is 29.0 Å². The fourth-order valence-corrected chi connectivity index (χ4v) is 2.70. The molecule has 0 aliphatic carbocycles. The molecule has 0 fully saturated rings. The molecule has 0 radical (unpaired) electrons. The van der Waals surface area contributed by atoms with E-state index in [1.54, 1.807) is 6.07 Å². The number of aliphatic hydroxyl groups excluding tert-OH is 1. The van der Waals surface area contributed by atoms with E-state index in [1.807, 2.05) is 60.7 Å². The first-order valence-electron chi connectivity index (χ1n) is 7.60. The van der Waals surface area contributed by atoms with Gasteiger partial charge in [0.2, 0.25) is 0 Å². The van der Waals surface area contributed by atoms with Crippen molar-refractivity contribution in [1.82, 2.24) is 9.97 Å². The second-order valence-electron chi connectivity index (χ2n) is 5.56. The predicted octanol–water partition coefficient (Wildman–Crippen LogP) is 4.13. The molecular formula is C20H14N2O2. The summed E-state index contributed by atoms with van der Waals surface area (Å²) in [4.78, 5) is 19.2. The zero-order valence-corrected chi connectivity index (χ0v) is 12.7. The lowest BCUT2D eigenvalue weighted by Crippen LogP contribution is -2.12. The minimum atomic E-state index is -0.332. The zero-order chi connectivity index (χ0) is 16.5. The van der Waals surface area contributed by atoms with Crippen LogP contribution in [0.1, 0.15) is 11.3 Å². The standard InChI is InChI=1S/C20H14N2O2/c23-19(15-10-9-13-5-1-2-6-14(13)11-15)12-18-20(24)22-17-8-4-3-7-16(17)21-18/h1-12,23H,(H,22,24)/b19-12-. The summed E-state index contributed by atoms with van der Waals surface area (Å²) in [5, 5.41) is 12.5. The van der Waals surface area contributed by atoms with Gasteiger partial charge in [-0.1, -0.05) is 48.5 Å². The number of aromatic nitrogens is 2. The van der Waals surface area contributed by atoms with Crippen LogP contribution in [0, 0.1) is 0 Å². The Bertz CT molecular complexity index is 1140. The van der Waals surface area contributed by atoms with Gasteiger partial charge in [0, 0.05) is 11.6 Å². The first kappa shape index (κ1) is 14.2. The molecule has 0 atom stereocenters. The molecule has 4 rings (SSSR count). The Morgan fingerprint density at radius 3 is 2.58 bits per heavy atom. The van der Waals surface area contributed by atoms with Crippen LogP contribution in [0.2, 0.25) is 0 Å². The van der Waals surface area contributed by atoms with Crippen LogP contribution in [0.15, 0.2) is 71.5 Å². The van der Waals surface area contributed by atoms with Crippen molar-refractivity contribution in [3.05, 3.63) is 88.3 Å². The average molecular weight is 314 g/mol. The fraction of sp³-hybridized carbons (Fsp3) is 0. The highest BCUT2D eigenvalue weighted by atomic mass is 16.3. The highest BCUT2D eigenvalue weighted by Gasteiger charge is 2.06. The third-order valence-corrected chi connectivity index (χ3v) is 3.94. The van der Waals surface area contributed by atoms with E-state index in [4.69, 9.17) is 0 Å². The number of rotatable bonds is 2. The summed E-state index contributed by atoms with van der Waals surface area (Å²) < 4.78 is 0. The van der Waals surface area contributed by atoms with Crippen molar-refractivity contribution in [2.24, 2.45) is 0 Å². The van der Waals surface area contributed by atoms with E-state index >= 15 is 0 Å². The molecule has 4 aromatic rings. The molecule has 0 aliphatic heterocycles. The molecule has 4 heteroatoms. The Morgan fingerprint density at radius 1 is 0.958 bits per heavy atom. The smallest absolute Gasteiger partial charge is 0.274 e. The van der Waals surface area contributed by atoms with Crippen LogP contribution in [0.5, 0.6) is 0 Å². The number of aliphatic hydroxyl groups is 1. The Hall–Kier alpha value is -3.40. The van der Waals surface area contributed by atoms with Gasteiger partial charge in [0.25, 0.3) is 5.56 Å². The molecular weight excluding hydrogens is 300 g/mol. The largest absolute Gasteiger partial charge is 0.507 e. The first-order valence-corrected chi connectivity index (χ1v) is 7.60. The number of H-pyrrole nitrogens is 1. The quantitative estimate of drug-likeness (QED) is 0.547. The number of benzene rings is 3. The molecule has 0 saturated carbocycles. The van der Waals surface area contributed by atoms with Gasteiger partial charge in [0.05, 0.1) is 11.0 Å². The number of hydrogen-bond donors (Lipinski definition) is 2. The normalized spacial score (nSPS) is 11.9. The molecule has 1 heterocycles. The number of fused-ring (bicyclic) bond motifs is 2. The van der Waals surface area contributed by atoms with Crippen LogP contribution >= 0.6 is 0 Å². The van der Waals surface area contributed by atoms with Crippen LogP contribution in [-0.4, -0.2) is 15.1 Å². The van der Waals surface area contributed by atoms with Gasteiger partial charge in [-0.3, -0.25) is 4.79 Å². The Kier molecular flexibility index (Phi) is 3.35. The molecule has 4 nitrogen and oxygen atoms in total. The Balaban J connectivity index is 1.81. The van der Waals surface area contributed by atoms with Crippen LogP contribution in [0.25, 0.3) is 33.6 Å². The molecule has 0 unspecified atom stereocenters. The lowest BCUT2D eigenvalue weighted by atomic mass is 10.1. The third kappa shape index (κ3) is 2.54. The molecule has 2 N–H and O–H groups in total. The Morgan fingerprint density at radius 2 is 1.71 bits per heavy atom. The maximum absolute atomic E-state index is 12.1. The summed E-state index contributed by atoms with van der Waals surface area (Å²) in [6.07, 6.45) is 1.40. The van der Waals surface area contributed by atoms with Crippen LogP contribution in [-0.2, 0) is 0 Å². The summed E-state index contributed by atoms with van der Waals surface area (Å²) in [5.74, 6) is 0.00836. The van der Waals surface area contributed by atoms with Crippen molar-refractivity contribution in [3.8, 4) is 0 Å². The van der Waals surface area contributed by atoms with Gasteiger partial charge < -0.3 is 10.1 Å². The fourth-order valence-electron chi connectivity index (χ4n) is 2.70. The Labute approximate surface area is 137 Å². The summed E-state index contributed by atoms with van der Waals surface area (Å²) in [6, 6.07) is 20.8. The second kappa shape index (κ2) is 5.66. The lowest BCUT2D eigenvalue weighted by molar-refractivity contribution is 0.515. The first-order chi connectivity index (χ1) is 11.7. The topological polar surface area (TPSA) is 66.0 Å². The lowest BCUT2D eigenvalue weighted by Gasteiger charge is -2.04. The van der Waals surface area contributed by atoms with Crippen molar-refractivity contribution in [1.29, 1.82) is 0 Å². The van der Waals surface area contributed by atoms with E-state index in [1.165, 1.54) is 6.08 Å².